The number of rotatable bonds is 3. The van der Waals surface area contributed by atoms with Crippen LogP contribution in [0, 0.1) is 29.1 Å². The van der Waals surface area contributed by atoms with Gasteiger partial charge in [-0.1, -0.05) is 0 Å². The van der Waals surface area contributed by atoms with E-state index >= 15 is 0 Å². The first-order valence-corrected chi connectivity index (χ1v) is 8.28. The number of benzene rings is 2. The van der Waals surface area contributed by atoms with Crippen LogP contribution in [0.2, 0.25) is 0 Å². The van der Waals surface area contributed by atoms with Gasteiger partial charge in [-0.3, -0.25) is 9.36 Å². The van der Waals surface area contributed by atoms with Gasteiger partial charge in [-0.2, -0.15) is 0 Å². The van der Waals surface area contributed by atoms with E-state index in [4.69, 9.17) is 0 Å². The topological polar surface area (TPSA) is 52.7 Å². The van der Waals surface area contributed by atoms with Crippen LogP contribution in [0.3, 0.4) is 0 Å². The summed E-state index contributed by atoms with van der Waals surface area (Å²) in [7, 11) is 1.56. The standard InChI is InChI=1S/C19H11F5N4O/c1-27-8-25-17-18(27)26-16(7-11-13(22)4-9(20)5-14(11)23)28(19(17)29)10-2-3-12(21)15(24)6-10/h2-6,8H,7H2,1H3. The summed E-state index contributed by atoms with van der Waals surface area (Å²) in [4.78, 5) is 21.1. The number of fused-ring (bicyclic) bond motifs is 1. The highest BCUT2D eigenvalue weighted by atomic mass is 19.2. The summed E-state index contributed by atoms with van der Waals surface area (Å²) in [6, 6.07) is 3.69. The molecule has 0 aliphatic rings. The fourth-order valence-electron chi connectivity index (χ4n) is 3.01. The maximum Gasteiger partial charge on any atom is 0.286 e. The first kappa shape index (κ1) is 18.8. The highest BCUT2D eigenvalue weighted by Crippen LogP contribution is 2.21. The Labute approximate surface area is 159 Å². The molecule has 29 heavy (non-hydrogen) atoms. The predicted octanol–water partition coefficient (Wildman–Crippen LogP) is 3.41. The lowest BCUT2D eigenvalue weighted by molar-refractivity contribution is 0.507. The monoisotopic (exact) mass is 406 g/mol. The Morgan fingerprint density at radius 3 is 2.28 bits per heavy atom. The van der Waals surface area contributed by atoms with Crippen LogP contribution in [0.5, 0.6) is 0 Å². The first-order chi connectivity index (χ1) is 13.8. The van der Waals surface area contributed by atoms with Gasteiger partial charge in [-0.15, -0.1) is 0 Å². The maximum atomic E-state index is 14.2. The van der Waals surface area contributed by atoms with Crippen molar-refractivity contribution < 1.29 is 22.0 Å². The fourth-order valence-corrected chi connectivity index (χ4v) is 3.01. The number of hydrogen-bond acceptors (Lipinski definition) is 3. The molecule has 0 aliphatic carbocycles. The van der Waals surface area contributed by atoms with Gasteiger partial charge in [-0.25, -0.2) is 31.9 Å². The van der Waals surface area contributed by atoms with Crippen molar-refractivity contribution in [2.75, 3.05) is 0 Å². The van der Waals surface area contributed by atoms with E-state index in [0.717, 1.165) is 22.8 Å². The molecule has 0 amide bonds. The van der Waals surface area contributed by atoms with Gasteiger partial charge < -0.3 is 4.57 Å². The number of nitrogens with zero attached hydrogens (tertiary/aromatic N) is 4. The van der Waals surface area contributed by atoms with Gasteiger partial charge in [0.25, 0.3) is 5.56 Å². The third-order valence-corrected chi connectivity index (χ3v) is 4.41. The lowest BCUT2D eigenvalue weighted by Gasteiger charge is -2.14. The Morgan fingerprint density at radius 1 is 0.931 bits per heavy atom. The minimum atomic E-state index is -1.22. The first-order valence-electron chi connectivity index (χ1n) is 8.28. The summed E-state index contributed by atoms with van der Waals surface area (Å²) < 4.78 is 70.9. The van der Waals surface area contributed by atoms with E-state index in [1.54, 1.807) is 7.05 Å². The van der Waals surface area contributed by atoms with Crippen molar-refractivity contribution in [1.82, 2.24) is 19.1 Å². The van der Waals surface area contributed by atoms with E-state index in [0.29, 0.717) is 12.1 Å². The molecule has 0 N–H and O–H groups in total. The van der Waals surface area contributed by atoms with Crippen molar-refractivity contribution in [3.63, 3.8) is 0 Å². The van der Waals surface area contributed by atoms with Gasteiger partial charge in [-0.05, 0) is 12.1 Å². The summed E-state index contributed by atoms with van der Waals surface area (Å²) in [5.74, 6) is -5.96. The number of aryl methyl sites for hydroxylation is 1. The van der Waals surface area contributed by atoms with E-state index < -0.39 is 46.6 Å². The number of halogens is 5. The molecule has 0 unspecified atom stereocenters. The molecule has 10 heteroatoms. The van der Waals surface area contributed by atoms with Crippen molar-refractivity contribution in [2.24, 2.45) is 7.05 Å². The molecule has 0 fully saturated rings. The third-order valence-electron chi connectivity index (χ3n) is 4.41. The molecule has 5 nitrogen and oxygen atoms in total. The Hall–Kier alpha value is -3.56. The van der Waals surface area contributed by atoms with Crippen LogP contribution in [0.1, 0.15) is 11.4 Å². The molecule has 0 saturated carbocycles. The molecule has 4 rings (SSSR count). The molecule has 0 aliphatic heterocycles. The number of hydrogen-bond donors (Lipinski definition) is 0. The van der Waals surface area contributed by atoms with Crippen LogP contribution in [0.15, 0.2) is 41.5 Å². The van der Waals surface area contributed by atoms with Gasteiger partial charge in [0.2, 0.25) is 0 Å². The third kappa shape index (κ3) is 3.16. The number of aromatic nitrogens is 4. The second kappa shape index (κ2) is 6.80. The lowest BCUT2D eigenvalue weighted by Crippen LogP contribution is -2.25. The van der Waals surface area contributed by atoms with Crippen LogP contribution in [0.25, 0.3) is 16.9 Å². The quantitative estimate of drug-likeness (QED) is 0.490. The molecule has 148 valence electrons. The molecule has 4 aromatic rings. The number of imidazole rings is 1. The van der Waals surface area contributed by atoms with Crippen molar-refractivity contribution in [3.8, 4) is 5.69 Å². The fraction of sp³-hybridized carbons (Fsp3) is 0.105. The Bertz CT molecular complexity index is 1310. The van der Waals surface area contributed by atoms with E-state index in [1.807, 2.05) is 0 Å². The minimum Gasteiger partial charge on any atom is -0.318 e. The maximum absolute atomic E-state index is 14.2. The zero-order valence-electron chi connectivity index (χ0n) is 14.8. The Morgan fingerprint density at radius 2 is 1.62 bits per heavy atom. The highest BCUT2D eigenvalue weighted by Gasteiger charge is 2.20. The molecular weight excluding hydrogens is 395 g/mol. The molecule has 0 spiro atoms. The summed E-state index contributed by atoms with van der Waals surface area (Å²) in [5, 5.41) is 0. The second-order valence-electron chi connectivity index (χ2n) is 6.32. The minimum absolute atomic E-state index is 0.0685. The molecule has 0 radical (unpaired) electrons. The van der Waals surface area contributed by atoms with Crippen LogP contribution in [-0.2, 0) is 13.5 Å². The lowest BCUT2D eigenvalue weighted by atomic mass is 10.1. The molecule has 2 aromatic carbocycles. The van der Waals surface area contributed by atoms with E-state index in [9.17, 15) is 26.7 Å². The molecule has 0 saturated heterocycles. The average molecular weight is 406 g/mol. The summed E-state index contributed by atoms with van der Waals surface area (Å²) in [6.45, 7) is 0. The van der Waals surface area contributed by atoms with E-state index in [-0.39, 0.29) is 22.7 Å². The van der Waals surface area contributed by atoms with Crippen molar-refractivity contribution >= 4 is 11.2 Å². The normalized spacial score (nSPS) is 11.4. The highest BCUT2D eigenvalue weighted by molar-refractivity contribution is 5.70. The molecular formula is C19H11F5N4O. The summed E-state index contributed by atoms with van der Waals surface area (Å²) >= 11 is 0. The van der Waals surface area contributed by atoms with Gasteiger partial charge in [0.15, 0.2) is 22.8 Å². The zero-order chi connectivity index (χ0) is 20.9. The smallest absolute Gasteiger partial charge is 0.286 e. The van der Waals surface area contributed by atoms with Gasteiger partial charge >= 0.3 is 0 Å². The summed E-state index contributed by atoms with van der Waals surface area (Å²) in [5.41, 5.74) is -1.31. The molecule has 2 heterocycles. The van der Waals surface area contributed by atoms with Crippen LogP contribution >= 0.6 is 0 Å². The Balaban J connectivity index is 2.00. The van der Waals surface area contributed by atoms with E-state index in [1.165, 1.54) is 10.9 Å². The average Bonchev–Trinajstić information content (AvgIpc) is 3.02. The SMILES string of the molecule is Cn1cnc2c(=O)n(-c3ccc(F)c(F)c3)c(Cc3c(F)cc(F)cc3F)nc21. The second-order valence-corrected chi connectivity index (χ2v) is 6.32. The molecule has 2 aromatic heterocycles. The molecule has 0 bridgehead atoms. The predicted molar refractivity (Wildman–Crippen MR) is 93.1 cm³/mol. The zero-order valence-corrected chi connectivity index (χ0v) is 14.8. The van der Waals surface area contributed by atoms with Crippen molar-refractivity contribution in [2.45, 2.75) is 6.42 Å². The van der Waals surface area contributed by atoms with Crippen molar-refractivity contribution in [3.05, 3.63) is 87.5 Å². The van der Waals surface area contributed by atoms with Crippen molar-refractivity contribution in [1.29, 1.82) is 0 Å². The van der Waals surface area contributed by atoms with Crippen LogP contribution in [0.4, 0.5) is 22.0 Å². The van der Waals surface area contributed by atoms with Gasteiger partial charge in [0, 0.05) is 37.2 Å². The van der Waals surface area contributed by atoms with Gasteiger partial charge in [0.05, 0.1) is 12.0 Å². The van der Waals surface area contributed by atoms with Crippen LogP contribution < -0.4 is 5.56 Å². The Kier molecular flexibility index (Phi) is 4.40. The van der Waals surface area contributed by atoms with Gasteiger partial charge in [0.1, 0.15) is 23.3 Å². The van der Waals surface area contributed by atoms with E-state index in [2.05, 4.69) is 9.97 Å². The van der Waals surface area contributed by atoms with Crippen LogP contribution in [-0.4, -0.2) is 19.1 Å². The largest absolute Gasteiger partial charge is 0.318 e. The molecule has 0 atom stereocenters. The summed E-state index contributed by atoms with van der Waals surface area (Å²) in [6.07, 6.45) is 0.769.